The van der Waals surface area contributed by atoms with Crippen molar-refractivity contribution >= 4 is 9.84 Å². The molecule has 0 saturated carbocycles. The highest BCUT2D eigenvalue weighted by molar-refractivity contribution is 7.90. The number of benzene rings is 2. The minimum atomic E-state index is -3.23. The Labute approximate surface area is 118 Å². The number of aliphatic hydroxyl groups is 1. The van der Waals surface area contributed by atoms with Crippen LogP contribution in [0.25, 0.3) is 0 Å². The first-order valence-electron chi connectivity index (χ1n) is 6.13. The van der Waals surface area contributed by atoms with Gasteiger partial charge in [-0.3, -0.25) is 0 Å². The predicted molar refractivity (Wildman–Crippen MR) is 77.6 cm³/mol. The largest absolute Gasteiger partial charge is 0.457 e. The van der Waals surface area contributed by atoms with Crippen LogP contribution in [-0.2, 0) is 9.84 Å². The van der Waals surface area contributed by atoms with Crippen molar-refractivity contribution in [3.63, 3.8) is 0 Å². The summed E-state index contributed by atoms with van der Waals surface area (Å²) in [4.78, 5) is 0. The molecule has 0 bridgehead atoms. The Morgan fingerprint density at radius 3 is 2.35 bits per heavy atom. The zero-order valence-electron chi connectivity index (χ0n) is 11.1. The molecular formula is C15H16O4S. The lowest BCUT2D eigenvalue weighted by Gasteiger charge is -2.12. The standard InChI is InChI=1S/C15H16O4S/c1-20(17,18)11-15(16)12-6-5-9-14(10-12)19-13-7-3-2-4-8-13/h2-10,15-16H,11H2,1H3. The smallest absolute Gasteiger partial charge is 0.150 e. The molecule has 0 heterocycles. The van der Waals surface area contributed by atoms with Crippen molar-refractivity contribution in [1.29, 1.82) is 0 Å². The molecule has 0 saturated heterocycles. The van der Waals surface area contributed by atoms with E-state index in [1.165, 1.54) is 0 Å². The highest BCUT2D eigenvalue weighted by Crippen LogP contribution is 2.24. The second-order valence-corrected chi connectivity index (χ2v) is 6.78. The van der Waals surface area contributed by atoms with E-state index in [-0.39, 0.29) is 5.75 Å². The molecule has 1 unspecified atom stereocenters. The third kappa shape index (κ3) is 4.36. The monoisotopic (exact) mass is 292 g/mol. The molecule has 0 amide bonds. The van der Waals surface area contributed by atoms with Crippen molar-refractivity contribution in [3.8, 4) is 11.5 Å². The van der Waals surface area contributed by atoms with Gasteiger partial charge in [-0.1, -0.05) is 30.3 Å². The topological polar surface area (TPSA) is 63.6 Å². The van der Waals surface area contributed by atoms with Gasteiger partial charge >= 0.3 is 0 Å². The van der Waals surface area contributed by atoms with Crippen LogP contribution in [0, 0.1) is 0 Å². The van der Waals surface area contributed by atoms with E-state index < -0.39 is 15.9 Å². The van der Waals surface area contributed by atoms with Gasteiger partial charge in [0.15, 0.2) is 0 Å². The van der Waals surface area contributed by atoms with Crippen molar-refractivity contribution in [2.24, 2.45) is 0 Å². The Hall–Kier alpha value is -1.85. The van der Waals surface area contributed by atoms with E-state index in [0.717, 1.165) is 6.26 Å². The van der Waals surface area contributed by atoms with Crippen LogP contribution >= 0.6 is 0 Å². The van der Waals surface area contributed by atoms with Gasteiger partial charge in [0.2, 0.25) is 0 Å². The lowest BCUT2D eigenvalue weighted by atomic mass is 10.1. The number of aliphatic hydroxyl groups excluding tert-OH is 1. The Morgan fingerprint density at radius 2 is 1.70 bits per heavy atom. The summed E-state index contributed by atoms with van der Waals surface area (Å²) in [5.41, 5.74) is 0.517. The van der Waals surface area contributed by atoms with Gasteiger partial charge < -0.3 is 9.84 Å². The van der Waals surface area contributed by atoms with Crippen LogP contribution in [0.5, 0.6) is 11.5 Å². The SMILES string of the molecule is CS(=O)(=O)CC(O)c1cccc(Oc2ccccc2)c1. The summed E-state index contributed by atoms with van der Waals surface area (Å²) < 4.78 is 28.0. The molecule has 2 rings (SSSR count). The van der Waals surface area contributed by atoms with Gasteiger partial charge in [-0.05, 0) is 29.8 Å². The number of hydrogen-bond donors (Lipinski definition) is 1. The maximum atomic E-state index is 11.2. The Balaban J connectivity index is 2.16. The summed E-state index contributed by atoms with van der Waals surface area (Å²) in [5, 5.41) is 9.91. The molecule has 2 aromatic rings. The van der Waals surface area contributed by atoms with Crippen LogP contribution < -0.4 is 4.74 Å². The fourth-order valence-corrected chi connectivity index (χ4v) is 2.56. The quantitative estimate of drug-likeness (QED) is 0.920. The molecule has 0 aliphatic rings. The average molecular weight is 292 g/mol. The molecule has 2 aromatic carbocycles. The number of hydrogen-bond acceptors (Lipinski definition) is 4. The third-order valence-electron chi connectivity index (χ3n) is 2.68. The van der Waals surface area contributed by atoms with E-state index in [4.69, 9.17) is 4.74 Å². The highest BCUT2D eigenvalue weighted by Gasteiger charge is 2.15. The van der Waals surface area contributed by atoms with Crippen molar-refractivity contribution in [1.82, 2.24) is 0 Å². The van der Waals surface area contributed by atoms with Crippen molar-refractivity contribution in [2.45, 2.75) is 6.10 Å². The highest BCUT2D eigenvalue weighted by atomic mass is 32.2. The molecule has 0 radical (unpaired) electrons. The Bertz CT molecular complexity index is 665. The molecule has 1 N–H and O–H groups in total. The van der Waals surface area contributed by atoms with E-state index in [1.54, 1.807) is 24.3 Å². The lowest BCUT2D eigenvalue weighted by Crippen LogP contribution is -2.12. The van der Waals surface area contributed by atoms with Crippen LogP contribution in [0.1, 0.15) is 11.7 Å². The third-order valence-corrected chi connectivity index (χ3v) is 3.60. The molecule has 0 aromatic heterocycles. The molecule has 0 spiro atoms. The van der Waals surface area contributed by atoms with Crippen LogP contribution in [-0.4, -0.2) is 25.5 Å². The molecule has 4 nitrogen and oxygen atoms in total. The number of para-hydroxylation sites is 1. The molecular weight excluding hydrogens is 276 g/mol. The number of rotatable bonds is 5. The van der Waals surface area contributed by atoms with Gasteiger partial charge in [0.1, 0.15) is 21.3 Å². The van der Waals surface area contributed by atoms with Gasteiger partial charge in [0, 0.05) is 6.26 Å². The molecule has 5 heteroatoms. The number of ether oxygens (including phenoxy) is 1. The van der Waals surface area contributed by atoms with Gasteiger partial charge in [-0.25, -0.2) is 8.42 Å². The van der Waals surface area contributed by atoms with E-state index >= 15 is 0 Å². The molecule has 0 aliphatic heterocycles. The molecule has 0 aliphatic carbocycles. The second kappa shape index (κ2) is 6.07. The van der Waals surface area contributed by atoms with Crippen molar-refractivity contribution in [3.05, 3.63) is 60.2 Å². The van der Waals surface area contributed by atoms with Crippen LogP contribution in [0.4, 0.5) is 0 Å². The van der Waals surface area contributed by atoms with Gasteiger partial charge in [0.05, 0.1) is 11.9 Å². The van der Waals surface area contributed by atoms with Crippen molar-refractivity contribution < 1.29 is 18.3 Å². The van der Waals surface area contributed by atoms with Crippen LogP contribution in [0.3, 0.4) is 0 Å². The zero-order chi connectivity index (χ0) is 14.6. The zero-order valence-corrected chi connectivity index (χ0v) is 11.9. The van der Waals surface area contributed by atoms with E-state index in [2.05, 4.69) is 0 Å². The maximum Gasteiger partial charge on any atom is 0.150 e. The second-order valence-electron chi connectivity index (χ2n) is 4.60. The predicted octanol–water partition coefficient (Wildman–Crippen LogP) is 2.56. The number of sulfone groups is 1. The fraction of sp³-hybridized carbons (Fsp3) is 0.200. The van der Waals surface area contributed by atoms with Crippen molar-refractivity contribution in [2.75, 3.05) is 12.0 Å². The summed E-state index contributed by atoms with van der Waals surface area (Å²) >= 11 is 0. The molecule has 0 fully saturated rings. The summed E-state index contributed by atoms with van der Waals surface area (Å²) in [6.45, 7) is 0. The van der Waals surface area contributed by atoms with E-state index in [9.17, 15) is 13.5 Å². The Morgan fingerprint density at radius 1 is 1.05 bits per heavy atom. The first-order valence-corrected chi connectivity index (χ1v) is 8.19. The minimum Gasteiger partial charge on any atom is -0.457 e. The summed E-state index contributed by atoms with van der Waals surface area (Å²) in [6.07, 6.45) is 0.0462. The van der Waals surface area contributed by atoms with Gasteiger partial charge in [-0.2, -0.15) is 0 Å². The fourth-order valence-electron chi connectivity index (χ4n) is 1.79. The van der Waals surface area contributed by atoms with Crippen LogP contribution in [0.15, 0.2) is 54.6 Å². The summed E-state index contributed by atoms with van der Waals surface area (Å²) in [6, 6.07) is 16.0. The maximum absolute atomic E-state index is 11.2. The molecule has 106 valence electrons. The van der Waals surface area contributed by atoms with E-state index in [1.807, 2.05) is 30.3 Å². The molecule has 1 atom stereocenters. The van der Waals surface area contributed by atoms with E-state index in [0.29, 0.717) is 17.1 Å². The Kier molecular flexibility index (Phi) is 4.42. The molecule has 20 heavy (non-hydrogen) atoms. The first-order chi connectivity index (χ1) is 9.44. The summed E-state index contributed by atoms with van der Waals surface area (Å²) in [7, 11) is -3.23. The first kappa shape index (κ1) is 14.6. The van der Waals surface area contributed by atoms with Crippen LogP contribution in [0.2, 0.25) is 0 Å². The normalized spacial score (nSPS) is 12.9. The summed E-state index contributed by atoms with van der Waals surface area (Å²) in [5.74, 6) is 0.936. The average Bonchev–Trinajstić information content (AvgIpc) is 2.38. The lowest BCUT2D eigenvalue weighted by molar-refractivity contribution is 0.201. The van der Waals surface area contributed by atoms with Gasteiger partial charge in [0.25, 0.3) is 0 Å². The minimum absolute atomic E-state index is 0.304. The van der Waals surface area contributed by atoms with Gasteiger partial charge in [-0.15, -0.1) is 0 Å².